The smallest absolute Gasteiger partial charge is 0.311 e. The lowest BCUT2D eigenvalue weighted by atomic mass is 9.42. The van der Waals surface area contributed by atoms with Gasteiger partial charge in [-0.1, -0.05) is 26.3 Å². The molecule has 0 aromatic rings. The zero-order valence-corrected chi connectivity index (χ0v) is 15.7. The largest absolute Gasteiger partial charge is 0.469 e. The summed E-state index contributed by atoms with van der Waals surface area (Å²) in [6, 6.07) is 0. The van der Waals surface area contributed by atoms with Crippen molar-refractivity contribution in [3.05, 3.63) is 12.7 Å². The molecule has 0 aromatic heterocycles. The van der Waals surface area contributed by atoms with Crippen LogP contribution in [0, 0.1) is 28.1 Å². The number of methoxy groups -OCH3 is 1. The summed E-state index contributed by atoms with van der Waals surface area (Å²) in [5.41, 5.74) is 0.0108. The van der Waals surface area contributed by atoms with Gasteiger partial charge in [-0.25, -0.2) is 0 Å². The molecule has 2 aliphatic heterocycles. The molecule has 4 aliphatic rings. The predicted molar refractivity (Wildman–Crippen MR) is 93.4 cm³/mol. The molecule has 3 heteroatoms. The number of carbonyl (C=O) groups is 1. The van der Waals surface area contributed by atoms with Crippen LogP contribution in [0.4, 0.5) is 0 Å². The summed E-state index contributed by atoms with van der Waals surface area (Å²) >= 11 is 0. The predicted octanol–water partition coefficient (Wildman–Crippen LogP) is 4.51. The molecule has 0 amide bonds. The summed E-state index contributed by atoms with van der Waals surface area (Å²) < 4.78 is 11.9. The Kier molecular flexibility index (Phi) is 3.37. The van der Waals surface area contributed by atoms with Gasteiger partial charge in [0.05, 0.1) is 24.2 Å². The number of hydrogen-bond acceptors (Lipinski definition) is 3. The zero-order chi connectivity index (χ0) is 17.4. The number of hydrogen-bond donors (Lipinski definition) is 0. The Labute approximate surface area is 146 Å². The van der Waals surface area contributed by atoms with Crippen molar-refractivity contribution in [2.75, 3.05) is 7.11 Å². The van der Waals surface area contributed by atoms with E-state index in [2.05, 4.69) is 33.4 Å². The summed E-state index contributed by atoms with van der Waals surface area (Å²) in [7, 11) is 1.54. The summed E-state index contributed by atoms with van der Waals surface area (Å²) in [6.07, 6.45) is 10.1. The monoisotopic (exact) mass is 332 g/mol. The fourth-order valence-electron chi connectivity index (χ4n) is 7.41. The third-order valence-electron chi connectivity index (χ3n) is 8.62. The van der Waals surface area contributed by atoms with Crippen molar-refractivity contribution in [1.29, 1.82) is 0 Å². The van der Waals surface area contributed by atoms with E-state index in [1.807, 2.05) is 0 Å². The van der Waals surface area contributed by atoms with E-state index in [0.717, 1.165) is 38.5 Å². The summed E-state index contributed by atoms with van der Waals surface area (Å²) in [5.74, 6) is 0.986. The van der Waals surface area contributed by atoms with Gasteiger partial charge in [0.2, 0.25) is 0 Å². The van der Waals surface area contributed by atoms with Crippen molar-refractivity contribution in [2.45, 2.75) is 77.4 Å². The Morgan fingerprint density at radius 3 is 2.62 bits per heavy atom. The highest BCUT2D eigenvalue weighted by Crippen LogP contribution is 2.71. The Morgan fingerprint density at radius 1 is 1.21 bits per heavy atom. The molecule has 2 saturated heterocycles. The summed E-state index contributed by atoms with van der Waals surface area (Å²) in [4.78, 5) is 12.6. The zero-order valence-electron chi connectivity index (χ0n) is 15.7. The Morgan fingerprint density at radius 2 is 1.96 bits per heavy atom. The van der Waals surface area contributed by atoms with Crippen LogP contribution in [0.3, 0.4) is 0 Å². The molecule has 3 nitrogen and oxygen atoms in total. The lowest BCUT2D eigenvalue weighted by Gasteiger charge is -2.61. The molecular formula is C21H32O3. The van der Waals surface area contributed by atoms with Crippen LogP contribution < -0.4 is 0 Å². The van der Waals surface area contributed by atoms with Gasteiger partial charge >= 0.3 is 5.97 Å². The highest BCUT2D eigenvalue weighted by Gasteiger charge is 2.71. The van der Waals surface area contributed by atoms with Gasteiger partial charge < -0.3 is 9.47 Å². The van der Waals surface area contributed by atoms with Gasteiger partial charge in [0, 0.05) is 5.41 Å². The van der Waals surface area contributed by atoms with E-state index in [9.17, 15) is 4.79 Å². The minimum Gasteiger partial charge on any atom is -0.469 e. The van der Waals surface area contributed by atoms with Gasteiger partial charge in [0.15, 0.2) is 0 Å². The molecule has 0 N–H and O–H groups in total. The van der Waals surface area contributed by atoms with Gasteiger partial charge in [0.25, 0.3) is 0 Å². The number of carbonyl (C=O) groups excluding carboxylic acids is 1. The maximum atomic E-state index is 12.6. The van der Waals surface area contributed by atoms with Gasteiger partial charge in [-0.3, -0.25) is 4.79 Å². The van der Waals surface area contributed by atoms with Crippen molar-refractivity contribution in [1.82, 2.24) is 0 Å². The van der Waals surface area contributed by atoms with Gasteiger partial charge in [-0.2, -0.15) is 0 Å². The first-order valence-electron chi connectivity index (χ1n) is 9.64. The van der Waals surface area contributed by atoms with Crippen molar-refractivity contribution >= 4 is 5.97 Å². The van der Waals surface area contributed by atoms with Gasteiger partial charge in [-0.05, 0) is 62.7 Å². The van der Waals surface area contributed by atoms with Crippen molar-refractivity contribution in [3.63, 3.8) is 0 Å². The van der Waals surface area contributed by atoms with Crippen LogP contribution in [-0.4, -0.2) is 24.8 Å². The number of rotatable bonds is 2. The quantitative estimate of drug-likeness (QED) is 0.551. The maximum absolute atomic E-state index is 12.6. The van der Waals surface area contributed by atoms with Crippen molar-refractivity contribution in [2.24, 2.45) is 28.1 Å². The lowest BCUT2D eigenvalue weighted by molar-refractivity contribution is -0.184. The topological polar surface area (TPSA) is 35.5 Å². The molecule has 7 atom stereocenters. The third-order valence-corrected chi connectivity index (χ3v) is 8.62. The first-order valence-corrected chi connectivity index (χ1v) is 9.64. The number of esters is 1. The summed E-state index contributed by atoms with van der Waals surface area (Å²) in [5, 5.41) is 0. The Bertz CT molecular complexity index is 586. The van der Waals surface area contributed by atoms with E-state index < -0.39 is 0 Å². The fraction of sp³-hybridized carbons (Fsp3) is 0.857. The van der Waals surface area contributed by atoms with Crippen LogP contribution in [0.5, 0.6) is 0 Å². The SMILES string of the molecule is C=C[C@@]1(C)C[C@]23CC[C@@H]4[C@](C)(CCC[C@]4(C)C(=O)OC)[C@H]2C[C@H]1O3. The Balaban J connectivity index is 1.71. The van der Waals surface area contributed by atoms with E-state index in [-0.39, 0.29) is 27.8 Å². The Hall–Kier alpha value is -0.830. The first kappa shape index (κ1) is 16.6. The van der Waals surface area contributed by atoms with Crippen molar-refractivity contribution < 1.29 is 14.3 Å². The third kappa shape index (κ3) is 1.80. The minimum absolute atomic E-state index is 0.00520. The molecule has 24 heavy (non-hydrogen) atoms. The van der Waals surface area contributed by atoms with Crippen LogP contribution in [0.1, 0.15) is 65.7 Å². The second-order valence-electron chi connectivity index (χ2n) is 9.71. The van der Waals surface area contributed by atoms with Gasteiger partial charge in [-0.15, -0.1) is 6.58 Å². The molecule has 0 unspecified atom stereocenters. The molecular weight excluding hydrogens is 300 g/mol. The van der Waals surface area contributed by atoms with E-state index in [0.29, 0.717) is 17.9 Å². The van der Waals surface area contributed by atoms with E-state index in [1.165, 1.54) is 6.42 Å². The van der Waals surface area contributed by atoms with Crippen LogP contribution in [-0.2, 0) is 14.3 Å². The second-order valence-corrected chi connectivity index (χ2v) is 9.71. The molecule has 2 heterocycles. The molecule has 0 aromatic carbocycles. The molecule has 2 aliphatic carbocycles. The molecule has 1 spiro atoms. The minimum atomic E-state index is -0.326. The summed E-state index contributed by atoms with van der Waals surface area (Å²) in [6.45, 7) is 11.0. The standard InChI is InChI=1S/C21H32O3/c1-6-18(2)13-21-11-8-14-19(3,15(21)12-16(18)24-21)9-7-10-20(14,4)17(22)23-5/h6,14-16H,1,7-13H2,2-5H3/t14-,15-,16-,18+,19+,20+,21-/m1/s1. The van der Waals surface area contributed by atoms with E-state index >= 15 is 0 Å². The highest BCUT2D eigenvalue weighted by atomic mass is 16.5. The second kappa shape index (κ2) is 4.87. The van der Waals surface area contributed by atoms with Crippen molar-refractivity contribution in [3.8, 4) is 0 Å². The number of ether oxygens (including phenoxy) is 2. The number of fused-ring (bicyclic) bond motifs is 3. The molecule has 134 valence electrons. The molecule has 4 rings (SSSR count). The van der Waals surface area contributed by atoms with Crippen LogP contribution in [0.15, 0.2) is 12.7 Å². The van der Waals surface area contributed by atoms with Crippen LogP contribution in [0.25, 0.3) is 0 Å². The molecule has 0 radical (unpaired) electrons. The molecule has 4 fully saturated rings. The van der Waals surface area contributed by atoms with Gasteiger partial charge in [0.1, 0.15) is 0 Å². The average molecular weight is 332 g/mol. The fourth-order valence-corrected chi connectivity index (χ4v) is 7.41. The molecule has 2 saturated carbocycles. The van der Waals surface area contributed by atoms with E-state index in [1.54, 1.807) is 7.11 Å². The normalized spacial score (nSPS) is 55.6. The first-order chi connectivity index (χ1) is 11.2. The van der Waals surface area contributed by atoms with Crippen LogP contribution in [0.2, 0.25) is 0 Å². The highest BCUT2D eigenvalue weighted by molar-refractivity contribution is 5.77. The van der Waals surface area contributed by atoms with Crippen LogP contribution >= 0.6 is 0 Å². The molecule has 2 bridgehead atoms. The average Bonchev–Trinajstić information content (AvgIpc) is 3.07. The van der Waals surface area contributed by atoms with E-state index in [4.69, 9.17) is 9.47 Å². The lowest BCUT2D eigenvalue weighted by Crippen LogP contribution is -2.60. The maximum Gasteiger partial charge on any atom is 0.311 e.